The first-order valence-electron chi connectivity index (χ1n) is 4.48. The van der Waals surface area contributed by atoms with Crippen molar-refractivity contribution in [2.75, 3.05) is 6.26 Å². The number of nitrogens with zero attached hydrogens (tertiary/aromatic N) is 2. The summed E-state index contributed by atoms with van der Waals surface area (Å²) in [5.41, 5.74) is 6.22. The van der Waals surface area contributed by atoms with Gasteiger partial charge in [-0.1, -0.05) is 11.8 Å². The molecule has 1 aliphatic rings. The van der Waals surface area contributed by atoms with Gasteiger partial charge in [-0.25, -0.2) is 4.98 Å². The zero-order valence-electron chi connectivity index (χ0n) is 8.28. The van der Waals surface area contributed by atoms with Gasteiger partial charge >= 0.3 is 0 Å². The van der Waals surface area contributed by atoms with E-state index in [1.54, 1.807) is 17.8 Å². The van der Waals surface area contributed by atoms with Gasteiger partial charge in [-0.3, -0.25) is 9.36 Å². The van der Waals surface area contributed by atoms with Crippen LogP contribution in [0.2, 0.25) is 0 Å². The first-order valence-corrected chi connectivity index (χ1v) is 5.70. The van der Waals surface area contributed by atoms with Gasteiger partial charge in [0.15, 0.2) is 5.16 Å². The summed E-state index contributed by atoms with van der Waals surface area (Å²) < 4.78 is 1.56. The average molecular weight is 211 g/mol. The zero-order valence-corrected chi connectivity index (χ0v) is 9.10. The van der Waals surface area contributed by atoms with Crippen LogP contribution in [0, 0.1) is 0 Å². The molecule has 14 heavy (non-hydrogen) atoms. The molecule has 2 rings (SSSR count). The molecular weight excluding hydrogens is 198 g/mol. The van der Waals surface area contributed by atoms with E-state index in [4.69, 9.17) is 5.73 Å². The maximum absolute atomic E-state index is 11.9. The Kier molecular flexibility index (Phi) is 2.16. The molecule has 0 atom stereocenters. The Morgan fingerprint density at radius 2 is 2.29 bits per heavy atom. The van der Waals surface area contributed by atoms with Gasteiger partial charge < -0.3 is 5.73 Å². The van der Waals surface area contributed by atoms with Gasteiger partial charge in [0, 0.05) is 18.8 Å². The number of hydrogen-bond acceptors (Lipinski definition) is 4. The van der Waals surface area contributed by atoms with Gasteiger partial charge in [-0.2, -0.15) is 0 Å². The van der Waals surface area contributed by atoms with E-state index < -0.39 is 5.54 Å². The molecule has 2 N–H and O–H groups in total. The third-order valence-electron chi connectivity index (χ3n) is 2.63. The number of hydrogen-bond donors (Lipinski definition) is 1. The van der Waals surface area contributed by atoms with E-state index in [-0.39, 0.29) is 5.56 Å². The maximum atomic E-state index is 11.9. The summed E-state index contributed by atoms with van der Waals surface area (Å²) in [6, 6.07) is 0. The van der Waals surface area contributed by atoms with Crippen LogP contribution in [0.4, 0.5) is 0 Å². The Morgan fingerprint density at radius 3 is 2.79 bits per heavy atom. The predicted octanol–water partition coefficient (Wildman–Crippen LogP) is 0.450. The second kappa shape index (κ2) is 3.10. The fourth-order valence-electron chi connectivity index (χ4n) is 1.46. The lowest BCUT2D eigenvalue weighted by atomic mass is 10.1. The van der Waals surface area contributed by atoms with Crippen molar-refractivity contribution < 1.29 is 0 Å². The van der Waals surface area contributed by atoms with Gasteiger partial charge in [-0.15, -0.1) is 0 Å². The summed E-state index contributed by atoms with van der Waals surface area (Å²) in [5, 5.41) is 0.725. The van der Waals surface area contributed by atoms with Gasteiger partial charge in [0.2, 0.25) is 0 Å². The quantitative estimate of drug-likeness (QED) is 0.570. The molecule has 0 amide bonds. The number of nitrogens with two attached hydrogens (primary N) is 1. The van der Waals surface area contributed by atoms with E-state index >= 15 is 0 Å². The molecule has 0 spiro atoms. The van der Waals surface area contributed by atoms with Crippen LogP contribution in [0.25, 0.3) is 0 Å². The molecular formula is C9H13N3OS. The fourth-order valence-corrected chi connectivity index (χ4v) is 1.98. The number of thioether (sulfide) groups is 1. The number of aromatic nitrogens is 2. The Balaban J connectivity index is 2.55. The average Bonchev–Trinajstić information content (AvgIpc) is 2.89. The summed E-state index contributed by atoms with van der Waals surface area (Å²) >= 11 is 1.46. The second-order valence-corrected chi connectivity index (χ2v) is 4.45. The highest BCUT2D eigenvalue weighted by molar-refractivity contribution is 7.98. The van der Waals surface area contributed by atoms with Crippen molar-refractivity contribution in [2.24, 2.45) is 12.8 Å². The minimum absolute atomic E-state index is 0.00986. The van der Waals surface area contributed by atoms with Crippen LogP contribution in [0.1, 0.15) is 18.4 Å². The molecule has 0 saturated heterocycles. The molecule has 1 aromatic rings. The van der Waals surface area contributed by atoms with E-state index in [9.17, 15) is 4.79 Å². The van der Waals surface area contributed by atoms with Crippen molar-refractivity contribution in [3.8, 4) is 0 Å². The highest BCUT2D eigenvalue weighted by atomic mass is 32.2. The Morgan fingerprint density at radius 1 is 1.64 bits per heavy atom. The fraction of sp³-hybridized carbons (Fsp3) is 0.556. The molecule has 0 bridgehead atoms. The van der Waals surface area contributed by atoms with Crippen LogP contribution in [0.5, 0.6) is 0 Å². The topological polar surface area (TPSA) is 60.9 Å². The molecule has 1 heterocycles. The third-order valence-corrected chi connectivity index (χ3v) is 3.38. The molecule has 4 nitrogen and oxygen atoms in total. The van der Waals surface area contributed by atoms with Gasteiger partial charge in [0.05, 0.1) is 5.56 Å². The van der Waals surface area contributed by atoms with E-state index in [0.29, 0.717) is 5.56 Å². The summed E-state index contributed by atoms with van der Waals surface area (Å²) in [5.74, 6) is 0. The SMILES string of the molecule is CSc1ncc(C2(N)CC2)c(=O)n1C. The van der Waals surface area contributed by atoms with Crippen LogP contribution in [-0.4, -0.2) is 15.8 Å². The second-order valence-electron chi connectivity index (χ2n) is 3.68. The molecule has 1 fully saturated rings. The molecule has 76 valence electrons. The predicted molar refractivity (Wildman–Crippen MR) is 56.4 cm³/mol. The summed E-state index contributed by atoms with van der Waals surface area (Å²) in [7, 11) is 1.73. The first kappa shape index (κ1) is 9.73. The van der Waals surface area contributed by atoms with Crippen LogP contribution >= 0.6 is 11.8 Å². The van der Waals surface area contributed by atoms with Crippen molar-refractivity contribution in [3.63, 3.8) is 0 Å². The van der Waals surface area contributed by atoms with E-state index in [2.05, 4.69) is 4.98 Å². The van der Waals surface area contributed by atoms with E-state index in [1.165, 1.54) is 11.8 Å². The maximum Gasteiger partial charge on any atom is 0.258 e. The lowest BCUT2D eigenvalue weighted by Gasteiger charge is -2.11. The molecule has 1 aliphatic carbocycles. The zero-order chi connectivity index (χ0) is 10.3. The molecule has 5 heteroatoms. The minimum Gasteiger partial charge on any atom is -0.321 e. The van der Waals surface area contributed by atoms with Crippen molar-refractivity contribution in [1.82, 2.24) is 9.55 Å². The highest BCUT2D eigenvalue weighted by Gasteiger charge is 2.42. The first-order chi connectivity index (χ1) is 6.58. The summed E-state index contributed by atoms with van der Waals surface area (Å²) in [6.07, 6.45) is 5.31. The molecule has 1 aromatic heterocycles. The normalized spacial score (nSPS) is 18.2. The molecule has 0 aliphatic heterocycles. The van der Waals surface area contributed by atoms with E-state index in [0.717, 1.165) is 18.0 Å². The van der Waals surface area contributed by atoms with Crippen molar-refractivity contribution in [2.45, 2.75) is 23.5 Å². The van der Waals surface area contributed by atoms with Crippen molar-refractivity contribution in [1.29, 1.82) is 0 Å². The molecule has 0 unspecified atom stereocenters. The van der Waals surface area contributed by atoms with E-state index in [1.807, 2.05) is 6.26 Å². The lowest BCUT2D eigenvalue weighted by Crippen LogP contribution is -2.32. The molecule has 0 aromatic carbocycles. The Bertz CT molecular complexity index is 423. The van der Waals surface area contributed by atoms with Crippen molar-refractivity contribution in [3.05, 3.63) is 22.1 Å². The summed E-state index contributed by atoms with van der Waals surface area (Å²) in [4.78, 5) is 16.1. The molecule has 0 radical (unpaired) electrons. The Hall–Kier alpha value is -0.810. The smallest absolute Gasteiger partial charge is 0.258 e. The minimum atomic E-state index is -0.390. The molecule has 1 saturated carbocycles. The monoisotopic (exact) mass is 211 g/mol. The third kappa shape index (κ3) is 1.36. The standard InChI is InChI=1S/C9H13N3OS/c1-12-7(13)6(9(10)3-4-9)5-11-8(12)14-2/h5H,3-4,10H2,1-2H3. The lowest BCUT2D eigenvalue weighted by molar-refractivity contribution is 0.641. The largest absolute Gasteiger partial charge is 0.321 e. The van der Waals surface area contributed by atoms with Crippen LogP contribution in [-0.2, 0) is 12.6 Å². The highest BCUT2D eigenvalue weighted by Crippen LogP contribution is 2.40. The van der Waals surface area contributed by atoms with Gasteiger partial charge in [0.25, 0.3) is 5.56 Å². The van der Waals surface area contributed by atoms with Crippen LogP contribution < -0.4 is 11.3 Å². The van der Waals surface area contributed by atoms with Crippen LogP contribution in [0.3, 0.4) is 0 Å². The van der Waals surface area contributed by atoms with Crippen LogP contribution in [0.15, 0.2) is 16.1 Å². The van der Waals surface area contributed by atoms with Gasteiger partial charge in [0.1, 0.15) is 0 Å². The Labute approximate surface area is 86.5 Å². The van der Waals surface area contributed by atoms with Gasteiger partial charge in [-0.05, 0) is 19.1 Å². The van der Waals surface area contributed by atoms with Crippen molar-refractivity contribution >= 4 is 11.8 Å². The number of rotatable bonds is 2. The summed E-state index contributed by atoms with van der Waals surface area (Å²) in [6.45, 7) is 0.